The monoisotopic (exact) mass is 314 g/mol. The van der Waals surface area contributed by atoms with Gasteiger partial charge in [-0.05, 0) is 35.8 Å². The van der Waals surface area contributed by atoms with Crippen LogP contribution < -0.4 is 5.32 Å². The zero-order chi connectivity index (χ0) is 15.5. The van der Waals surface area contributed by atoms with Crippen LogP contribution in [0.4, 0.5) is 5.95 Å². The molecule has 0 bridgehead atoms. The van der Waals surface area contributed by atoms with E-state index in [1.54, 1.807) is 17.7 Å². The summed E-state index contributed by atoms with van der Waals surface area (Å²) >= 11 is 1.68. The molecule has 2 aliphatic rings. The lowest BCUT2D eigenvalue weighted by Gasteiger charge is -2.38. The molecule has 1 N–H and O–H groups in total. The second kappa shape index (κ2) is 4.52. The molecule has 0 radical (unpaired) electrons. The Morgan fingerprint density at radius 3 is 2.95 bits per heavy atom. The van der Waals surface area contributed by atoms with Crippen molar-refractivity contribution in [3.63, 3.8) is 0 Å². The van der Waals surface area contributed by atoms with Crippen molar-refractivity contribution >= 4 is 23.1 Å². The van der Waals surface area contributed by atoms with Crippen molar-refractivity contribution in [1.29, 1.82) is 0 Å². The highest BCUT2D eigenvalue weighted by molar-refractivity contribution is 7.10. The molecule has 2 aromatic heterocycles. The number of carbonyl (C=O) groups excluding carboxylic acids is 1. The van der Waals surface area contributed by atoms with Crippen molar-refractivity contribution in [3.05, 3.63) is 39.5 Å². The average Bonchev–Trinajstić information content (AvgIpc) is 3.03. The summed E-state index contributed by atoms with van der Waals surface area (Å²) < 4.78 is 1.84. The van der Waals surface area contributed by atoms with Gasteiger partial charge in [0.15, 0.2) is 5.78 Å². The van der Waals surface area contributed by atoms with Crippen LogP contribution in [0.3, 0.4) is 0 Å². The third-order valence-electron chi connectivity index (χ3n) is 4.42. The number of aryl methyl sites for hydroxylation is 1. The first-order valence-corrected chi connectivity index (χ1v) is 8.31. The van der Waals surface area contributed by atoms with Crippen molar-refractivity contribution in [2.24, 2.45) is 5.41 Å². The molecule has 3 heterocycles. The molecular weight excluding hydrogens is 296 g/mol. The van der Waals surface area contributed by atoms with E-state index in [4.69, 9.17) is 0 Å². The lowest BCUT2D eigenvalue weighted by atomic mass is 9.73. The predicted molar refractivity (Wildman–Crippen MR) is 85.9 cm³/mol. The number of rotatable bonds is 1. The molecule has 0 saturated heterocycles. The van der Waals surface area contributed by atoms with Crippen molar-refractivity contribution in [3.8, 4) is 0 Å². The van der Waals surface area contributed by atoms with Crippen LogP contribution in [0, 0.1) is 12.3 Å². The molecule has 4 rings (SSSR count). The Kier molecular flexibility index (Phi) is 2.81. The second-order valence-corrected chi connectivity index (χ2v) is 7.80. The minimum atomic E-state index is -0.141. The summed E-state index contributed by atoms with van der Waals surface area (Å²) in [6.07, 6.45) is 2.99. The SMILES string of the molecule is Cc1ccsc1[C@@H]1C2=C(CC(C)(C)CC2=O)Nc2ncnn21. The molecule has 0 saturated carbocycles. The smallest absolute Gasteiger partial charge is 0.226 e. The number of hydrogen-bond donors (Lipinski definition) is 1. The van der Waals surface area contributed by atoms with E-state index in [0.717, 1.165) is 23.6 Å². The first kappa shape index (κ1) is 13.7. The molecule has 0 unspecified atom stereocenters. The zero-order valence-corrected chi connectivity index (χ0v) is 13.7. The molecule has 2 aromatic rings. The van der Waals surface area contributed by atoms with Gasteiger partial charge in [0.05, 0.1) is 0 Å². The molecule has 1 aliphatic heterocycles. The molecule has 6 heteroatoms. The summed E-state index contributed by atoms with van der Waals surface area (Å²) in [7, 11) is 0. The van der Waals surface area contributed by atoms with Crippen molar-refractivity contribution in [2.75, 3.05) is 5.32 Å². The third kappa shape index (κ3) is 1.94. The Morgan fingerprint density at radius 1 is 1.41 bits per heavy atom. The summed E-state index contributed by atoms with van der Waals surface area (Å²) in [6, 6.07) is 1.95. The van der Waals surface area contributed by atoms with E-state index in [9.17, 15) is 4.79 Å². The highest BCUT2D eigenvalue weighted by atomic mass is 32.1. The minimum Gasteiger partial charge on any atom is -0.328 e. The zero-order valence-electron chi connectivity index (χ0n) is 12.9. The second-order valence-electron chi connectivity index (χ2n) is 6.86. The number of aromatic nitrogens is 3. The van der Waals surface area contributed by atoms with E-state index in [0.29, 0.717) is 6.42 Å². The number of hydrogen-bond acceptors (Lipinski definition) is 5. The molecule has 22 heavy (non-hydrogen) atoms. The number of anilines is 1. The third-order valence-corrected chi connectivity index (χ3v) is 5.50. The topological polar surface area (TPSA) is 59.8 Å². The van der Waals surface area contributed by atoms with E-state index >= 15 is 0 Å². The number of nitrogens with one attached hydrogen (secondary N) is 1. The van der Waals surface area contributed by atoms with Gasteiger partial charge in [-0.3, -0.25) is 4.79 Å². The maximum absolute atomic E-state index is 12.8. The van der Waals surface area contributed by atoms with Gasteiger partial charge in [0.25, 0.3) is 0 Å². The van der Waals surface area contributed by atoms with E-state index in [1.165, 1.54) is 10.4 Å². The summed E-state index contributed by atoms with van der Waals surface area (Å²) in [6.45, 7) is 6.37. The van der Waals surface area contributed by atoms with Gasteiger partial charge < -0.3 is 5.32 Å². The van der Waals surface area contributed by atoms with Crippen molar-refractivity contribution in [1.82, 2.24) is 14.8 Å². The van der Waals surface area contributed by atoms with Crippen LogP contribution in [-0.2, 0) is 4.79 Å². The van der Waals surface area contributed by atoms with E-state index in [-0.39, 0.29) is 17.2 Å². The Balaban J connectivity index is 1.93. The Bertz CT molecular complexity index is 799. The quantitative estimate of drug-likeness (QED) is 0.877. The Labute approximate surface area is 133 Å². The lowest BCUT2D eigenvalue weighted by molar-refractivity contribution is -0.118. The number of allylic oxidation sites excluding steroid dienone is 2. The number of thiophene rings is 1. The minimum absolute atomic E-state index is 0.0137. The number of nitrogens with zero attached hydrogens (tertiary/aromatic N) is 3. The van der Waals surface area contributed by atoms with Gasteiger partial charge in [-0.2, -0.15) is 10.1 Å². The number of carbonyl (C=O) groups is 1. The molecule has 0 spiro atoms. The fourth-order valence-corrected chi connectivity index (χ4v) is 4.48. The number of fused-ring (bicyclic) bond motifs is 1. The van der Waals surface area contributed by atoms with Crippen LogP contribution in [0.15, 0.2) is 29.0 Å². The van der Waals surface area contributed by atoms with Crippen LogP contribution in [0.5, 0.6) is 0 Å². The molecular formula is C16H18N4OS. The van der Waals surface area contributed by atoms with Gasteiger partial charge >= 0.3 is 0 Å². The van der Waals surface area contributed by atoms with Gasteiger partial charge in [0.2, 0.25) is 5.95 Å². The Hall–Kier alpha value is -1.95. The fourth-order valence-electron chi connectivity index (χ4n) is 3.46. The van der Waals surface area contributed by atoms with Crippen LogP contribution in [-0.4, -0.2) is 20.5 Å². The first-order valence-electron chi connectivity index (χ1n) is 7.43. The molecule has 0 aromatic carbocycles. The normalized spacial score (nSPS) is 23.0. The van der Waals surface area contributed by atoms with E-state index in [2.05, 4.69) is 47.6 Å². The fraction of sp³-hybridized carbons (Fsp3) is 0.438. The standard InChI is InChI=1S/C16H18N4OS/c1-9-4-5-22-14(9)13-12-10(6-16(2,3)7-11(12)21)19-15-17-8-18-20(13)15/h4-5,8,13H,6-7H2,1-3H3,(H,17,18,19)/t13-/m0/s1. The van der Waals surface area contributed by atoms with Crippen molar-refractivity contribution in [2.45, 2.75) is 39.7 Å². The summed E-state index contributed by atoms with van der Waals surface area (Å²) in [5.41, 5.74) is 3.06. The lowest BCUT2D eigenvalue weighted by Crippen LogP contribution is -2.36. The van der Waals surface area contributed by atoms with Crippen LogP contribution in [0.1, 0.15) is 43.2 Å². The predicted octanol–water partition coefficient (Wildman–Crippen LogP) is 3.31. The maximum atomic E-state index is 12.8. The maximum Gasteiger partial charge on any atom is 0.226 e. The molecule has 114 valence electrons. The van der Waals surface area contributed by atoms with Crippen molar-refractivity contribution < 1.29 is 4.79 Å². The largest absolute Gasteiger partial charge is 0.328 e. The van der Waals surface area contributed by atoms with E-state index in [1.807, 2.05) is 4.68 Å². The molecule has 1 aliphatic carbocycles. The highest BCUT2D eigenvalue weighted by Crippen LogP contribution is 2.46. The number of ketones is 1. The van der Waals surface area contributed by atoms with Gasteiger partial charge in [-0.25, -0.2) is 4.68 Å². The molecule has 0 fully saturated rings. The summed E-state index contributed by atoms with van der Waals surface area (Å²) in [5, 5.41) is 9.76. The van der Waals surface area contributed by atoms with Gasteiger partial charge in [-0.1, -0.05) is 13.8 Å². The summed E-state index contributed by atoms with van der Waals surface area (Å²) in [4.78, 5) is 18.3. The van der Waals surface area contributed by atoms with Crippen LogP contribution >= 0.6 is 11.3 Å². The van der Waals surface area contributed by atoms with E-state index < -0.39 is 0 Å². The Morgan fingerprint density at radius 2 is 2.23 bits per heavy atom. The average molecular weight is 314 g/mol. The first-order chi connectivity index (χ1) is 10.5. The molecule has 1 atom stereocenters. The molecule has 0 amide bonds. The van der Waals surface area contributed by atoms with Gasteiger partial charge in [-0.15, -0.1) is 11.3 Å². The van der Waals surface area contributed by atoms with Gasteiger partial charge in [0.1, 0.15) is 12.4 Å². The number of Topliss-reactive ketones (excluding diaryl/α,β-unsaturated/α-hetero) is 1. The van der Waals surface area contributed by atoms with Gasteiger partial charge in [0, 0.05) is 22.6 Å². The highest BCUT2D eigenvalue weighted by Gasteiger charge is 2.42. The molecule has 5 nitrogen and oxygen atoms in total. The van der Waals surface area contributed by atoms with Crippen LogP contribution in [0.25, 0.3) is 0 Å². The van der Waals surface area contributed by atoms with Crippen LogP contribution in [0.2, 0.25) is 0 Å². The summed E-state index contributed by atoms with van der Waals surface area (Å²) in [5.74, 6) is 0.944.